The second-order valence-corrected chi connectivity index (χ2v) is 21.9. The topological polar surface area (TPSA) is 390 Å². The molecular formula is C54H78N14O10S2. The molecule has 1 aromatic heterocycles. The van der Waals surface area contributed by atoms with E-state index in [1.54, 1.807) is 50.4 Å². The highest BCUT2D eigenvalue weighted by Crippen LogP contribution is 2.36. The van der Waals surface area contributed by atoms with Crippen LogP contribution in [0, 0.1) is 5.92 Å². The van der Waals surface area contributed by atoms with Gasteiger partial charge in [0.25, 0.3) is 0 Å². The van der Waals surface area contributed by atoms with E-state index in [1.165, 1.54) is 4.90 Å². The second-order valence-electron chi connectivity index (χ2n) is 20.6. The first-order valence-corrected chi connectivity index (χ1v) is 28.1. The molecule has 3 aromatic rings. The first kappa shape index (κ1) is 63.5. The highest BCUT2D eigenvalue weighted by atomic mass is 32.1. The van der Waals surface area contributed by atoms with Crippen molar-refractivity contribution in [3.63, 3.8) is 0 Å². The number of guanidine groups is 1. The zero-order valence-corrected chi connectivity index (χ0v) is 47.1. The van der Waals surface area contributed by atoms with E-state index >= 15 is 0 Å². The Bertz CT molecular complexity index is 2700. The molecule has 16 N–H and O–H groups in total. The molecule has 2 aromatic carbocycles. The normalized spacial score (nSPS) is 17.4. The first-order chi connectivity index (χ1) is 38.1. The Morgan fingerprint density at radius 2 is 1.36 bits per heavy atom. The van der Waals surface area contributed by atoms with Crippen molar-refractivity contribution in [2.45, 2.75) is 151 Å². The van der Waals surface area contributed by atoms with Crippen molar-refractivity contribution in [1.82, 2.24) is 47.1 Å². The zero-order chi connectivity index (χ0) is 58.5. The molecule has 1 saturated carbocycles. The number of hydrogen-bond acceptors (Lipinski definition) is 13. The highest BCUT2D eigenvalue weighted by molar-refractivity contribution is 7.81. The number of H-pyrrole nitrogens is 1. The predicted octanol–water partition coefficient (Wildman–Crippen LogP) is -0.618. The van der Waals surface area contributed by atoms with Gasteiger partial charge < -0.3 is 70.0 Å². The number of hydrogen-bond donors (Lipinski definition) is 14. The summed E-state index contributed by atoms with van der Waals surface area (Å²) in [5, 5.41) is 19.5. The zero-order valence-electron chi connectivity index (χ0n) is 45.3. The minimum atomic E-state index is -1.67. The van der Waals surface area contributed by atoms with Crippen LogP contribution in [0.15, 0.2) is 65.8 Å². The van der Waals surface area contributed by atoms with Crippen molar-refractivity contribution in [3.8, 4) is 0 Å². The molecule has 24 nitrogen and oxygen atoms in total. The number of para-hydroxylation sites is 1. The summed E-state index contributed by atoms with van der Waals surface area (Å²) < 4.78 is -0.534. The van der Waals surface area contributed by atoms with Crippen LogP contribution in [0.25, 0.3) is 10.9 Å². The number of aromatic nitrogens is 1. The number of amides is 10. The number of nitrogens with one attached hydrogen (secondary N) is 8. The fourth-order valence-corrected chi connectivity index (χ4v) is 10.6. The summed E-state index contributed by atoms with van der Waals surface area (Å²) in [4.78, 5) is 145. The lowest BCUT2D eigenvalue weighted by Crippen LogP contribution is -2.61. The Morgan fingerprint density at radius 1 is 0.725 bits per heavy atom. The highest BCUT2D eigenvalue weighted by Gasteiger charge is 2.41. The van der Waals surface area contributed by atoms with Gasteiger partial charge in [-0.25, -0.2) is 0 Å². The number of nitrogens with two attached hydrogens (primary N) is 4. The van der Waals surface area contributed by atoms with E-state index in [-0.39, 0.29) is 69.2 Å². The molecule has 1 saturated heterocycles. The lowest BCUT2D eigenvalue weighted by molar-refractivity contribution is -0.142. The number of carbonyl (C=O) groups is 10. The summed E-state index contributed by atoms with van der Waals surface area (Å²) in [6.07, 6.45) is 6.78. The Kier molecular flexibility index (Phi) is 24.5. The number of fused-ring (bicyclic) bond motifs is 1. The molecular weight excluding hydrogens is 1070 g/mol. The van der Waals surface area contributed by atoms with Crippen molar-refractivity contribution in [1.29, 1.82) is 0 Å². The third kappa shape index (κ3) is 19.2. The monoisotopic (exact) mass is 1150 g/mol. The van der Waals surface area contributed by atoms with Crippen LogP contribution in [0.2, 0.25) is 0 Å². The van der Waals surface area contributed by atoms with E-state index in [0.29, 0.717) is 18.4 Å². The summed E-state index contributed by atoms with van der Waals surface area (Å²) in [5.41, 5.74) is 23.9. The Morgan fingerprint density at radius 3 is 2.02 bits per heavy atom. The van der Waals surface area contributed by atoms with Crippen molar-refractivity contribution >= 4 is 101 Å². The first-order valence-electron chi connectivity index (χ1n) is 27.0. The van der Waals surface area contributed by atoms with Crippen LogP contribution < -0.4 is 60.2 Å². The Balaban J connectivity index is 1.33. The molecule has 5 rings (SSSR count). The number of thiol groups is 2. The van der Waals surface area contributed by atoms with Crippen molar-refractivity contribution in [2.75, 3.05) is 25.4 Å². The summed E-state index contributed by atoms with van der Waals surface area (Å²) in [7, 11) is 0. The Hall–Kier alpha value is -7.35. The molecule has 2 heterocycles. The maximum atomic E-state index is 14.7. The average molecular weight is 1150 g/mol. The van der Waals surface area contributed by atoms with Crippen LogP contribution in [0.5, 0.6) is 0 Å². The SMILES string of the molecule is CC[C@H](C)[C@H](NC(=O)[C@H](Cc1ccccc1)NC(=O)[C@H](Cc1c[nH]c2ccccc12)NC(=O)CC1(S)CCCCC1)C(=O)N[C@@H](CC(N)=O)C(=O)N[C@@H](CS)C(=O)N1CCC[C@H]1C(=O)N[C@@H](CCCN=C(N)N)C(=O)NCC(N)=O. The van der Waals surface area contributed by atoms with E-state index in [2.05, 4.69) is 59.8 Å². The van der Waals surface area contributed by atoms with Crippen molar-refractivity contribution < 1.29 is 47.9 Å². The smallest absolute Gasteiger partial charge is 0.246 e. The van der Waals surface area contributed by atoms with E-state index in [1.807, 2.05) is 24.3 Å². The van der Waals surface area contributed by atoms with Gasteiger partial charge in [0.1, 0.15) is 42.3 Å². The van der Waals surface area contributed by atoms with Crippen LogP contribution in [0.4, 0.5) is 0 Å². The number of benzene rings is 2. The summed E-state index contributed by atoms with van der Waals surface area (Å²) in [6.45, 7) is 3.18. The molecule has 0 unspecified atom stereocenters. The molecule has 2 aliphatic rings. The number of aromatic amines is 1. The third-order valence-corrected chi connectivity index (χ3v) is 15.4. The number of rotatable bonds is 30. The van der Waals surface area contributed by atoms with Gasteiger partial charge in [0, 0.05) is 60.0 Å². The lowest BCUT2D eigenvalue weighted by atomic mass is 9.85. The molecule has 2 fully saturated rings. The molecule has 0 spiro atoms. The standard InChI is InChI=1S/C54H78N14O10S2/c1-3-31(2)45(51(77)65-39(26-42(55)69)48(74)66-40(30-79)52(78)68-23-13-19-41(68)50(76)63-36(18-12-22-59-53(57)58)46(72)61-29-43(56)70)67-49(75)37(24-32-14-6-4-7-15-32)64-47(73)38(25-33-28-60-35-17-9-8-16-34(33)35)62-44(71)27-54(80)20-10-5-11-21-54/h4,6-9,14-17,28,31,36-41,45,60,79-80H,3,5,10-13,18-27,29-30H2,1-2H3,(H2,55,69)(H2,56,70)(H,61,72)(H,62,71)(H,63,76)(H,64,73)(H,65,77)(H,66,74)(H,67,75)(H4,57,58,59)/t31-,36-,37-,38-,39-,40-,41-,45-/m0/s1. The quantitative estimate of drug-likeness (QED) is 0.0172. The average Bonchev–Trinajstić information content (AvgIpc) is 4.09. The van der Waals surface area contributed by atoms with E-state index < -0.39 is 119 Å². The number of likely N-dealkylation sites (tertiary alicyclic amines) is 1. The third-order valence-electron chi connectivity index (χ3n) is 14.4. The minimum Gasteiger partial charge on any atom is -0.370 e. The molecule has 10 amide bonds. The fraction of sp³-hybridized carbons (Fsp3) is 0.537. The van der Waals surface area contributed by atoms with Gasteiger partial charge in [0.05, 0.1) is 13.0 Å². The number of nitrogens with zero attached hydrogens (tertiary/aromatic N) is 2. The van der Waals surface area contributed by atoms with E-state index in [0.717, 1.165) is 48.6 Å². The second kappa shape index (κ2) is 30.9. The predicted molar refractivity (Wildman–Crippen MR) is 307 cm³/mol. The fourth-order valence-electron chi connectivity index (χ4n) is 9.92. The minimum absolute atomic E-state index is 0.0281. The molecule has 0 bridgehead atoms. The summed E-state index contributed by atoms with van der Waals surface area (Å²) in [6, 6.07) is 7.27. The number of aliphatic imine (C=N–C) groups is 1. The van der Waals surface area contributed by atoms with Crippen LogP contribution in [-0.4, -0.2) is 147 Å². The van der Waals surface area contributed by atoms with Crippen molar-refractivity contribution in [3.05, 3.63) is 71.9 Å². The lowest BCUT2D eigenvalue weighted by Gasteiger charge is -2.32. The maximum absolute atomic E-state index is 14.7. The molecule has 8 atom stereocenters. The Labute approximate surface area is 476 Å². The molecule has 436 valence electrons. The summed E-state index contributed by atoms with van der Waals surface area (Å²) >= 11 is 9.21. The van der Waals surface area contributed by atoms with Crippen LogP contribution in [0.3, 0.4) is 0 Å². The van der Waals surface area contributed by atoms with E-state index in [9.17, 15) is 47.9 Å². The van der Waals surface area contributed by atoms with Gasteiger partial charge in [0.15, 0.2) is 5.96 Å². The van der Waals surface area contributed by atoms with Crippen molar-refractivity contribution in [2.24, 2.45) is 33.8 Å². The number of carbonyl (C=O) groups excluding carboxylic acids is 10. The summed E-state index contributed by atoms with van der Waals surface area (Å²) in [5.74, 6) is -8.68. The maximum Gasteiger partial charge on any atom is 0.246 e. The van der Waals surface area contributed by atoms with Gasteiger partial charge in [0.2, 0.25) is 59.1 Å². The molecule has 26 heteroatoms. The van der Waals surface area contributed by atoms with Crippen LogP contribution in [-0.2, 0) is 60.8 Å². The molecule has 80 heavy (non-hydrogen) atoms. The van der Waals surface area contributed by atoms with Gasteiger partial charge in [-0.2, -0.15) is 25.3 Å². The van der Waals surface area contributed by atoms with Gasteiger partial charge >= 0.3 is 0 Å². The van der Waals surface area contributed by atoms with Gasteiger partial charge in [-0.3, -0.25) is 52.9 Å². The van der Waals surface area contributed by atoms with Gasteiger partial charge in [-0.1, -0.05) is 88.1 Å². The van der Waals surface area contributed by atoms with Crippen LogP contribution in [0.1, 0.15) is 102 Å². The number of primary amides is 2. The largest absolute Gasteiger partial charge is 0.370 e. The molecule has 1 aliphatic heterocycles. The van der Waals surface area contributed by atoms with Crippen LogP contribution >= 0.6 is 25.3 Å². The van der Waals surface area contributed by atoms with Gasteiger partial charge in [-0.15, -0.1) is 0 Å². The molecule has 0 radical (unpaired) electrons. The van der Waals surface area contributed by atoms with E-state index in [4.69, 9.17) is 35.6 Å². The van der Waals surface area contributed by atoms with Gasteiger partial charge in [-0.05, 0) is 61.6 Å². The molecule has 1 aliphatic carbocycles.